The number of nitrogens with zero attached hydrogens (tertiary/aromatic N) is 1. The molecule has 7 heteroatoms. The van der Waals surface area contributed by atoms with Crippen LogP contribution in [0.2, 0.25) is 0 Å². The van der Waals surface area contributed by atoms with Gasteiger partial charge in [0.25, 0.3) is 11.8 Å². The van der Waals surface area contributed by atoms with Gasteiger partial charge in [0.2, 0.25) is 0 Å². The summed E-state index contributed by atoms with van der Waals surface area (Å²) in [6, 6.07) is 3.80. The molecule has 1 amide bonds. The van der Waals surface area contributed by atoms with E-state index in [9.17, 15) is 18.0 Å². The van der Waals surface area contributed by atoms with Crippen molar-refractivity contribution in [3.8, 4) is 5.75 Å². The zero-order valence-electron chi connectivity index (χ0n) is 9.84. The smallest absolute Gasteiger partial charge is 0.267 e. The Balaban J connectivity index is 1.92. The second kappa shape index (κ2) is 5.40. The molecule has 1 aromatic rings. The molecule has 1 aliphatic heterocycles. The molecule has 1 aliphatic rings. The van der Waals surface area contributed by atoms with Crippen molar-refractivity contribution in [2.24, 2.45) is 0 Å². The number of alkyl halides is 2. The van der Waals surface area contributed by atoms with Crippen LogP contribution in [0.15, 0.2) is 22.7 Å². The number of hydrogen-bond acceptors (Lipinski definition) is 2. The maximum Gasteiger partial charge on any atom is 0.267 e. The van der Waals surface area contributed by atoms with Crippen LogP contribution in [0, 0.1) is 5.82 Å². The molecule has 0 radical (unpaired) electrons. The summed E-state index contributed by atoms with van der Waals surface area (Å²) < 4.78 is 44.5. The maximum atomic E-state index is 13.0. The zero-order valence-corrected chi connectivity index (χ0v) is 11.4. The van der Waals surface area contributed by atoms with Crippen molar-refractivity contribution in [1.29, 1.82) is 0 Å². The van der Waals surface area contributed by atoms with Gasteiger partial charge >= 0.3 is 0 Å². The van der Waals surface area contributed by atoms with Crippen LogP contribution in [0.4, 0.5) is 13.2 Å². The average Bonchev–Trinajstić information content (AvgIpc) is 2.70. The van der Waals surface area contributed by atoms with Crippen LogP contribution in [0.1, 0.15) is 6.42 Å². The standard InChI is InChI=1S/C12H11BrF3NO2/c13-9-2-1-8(14)5-10(9)19-6-11(18)17-4-3-12(15,16)7-17/h1-2,5H,3-4,6-7H2. The summed E-state index contributed by atoms with van der Waals surface area (Å²) in [5, 5.41) is 0. The molecule has 2 rings (SSSR count). The summed E-state index contributed by atoms with van der Waals surface area (Å²) in [4.78, 5) is 12.7. The lowest BCUT2D eigenvalue weighted by molar-refractivity contribution is -0.133. The van der Waals surface area contributed by atoms with E-state index in [0.29, 0.717) is 4.47 Å². The number of ether oxygens (including phenoxy) is 1. The van der Waals surface area contributed by atoms with Crippen molar-refractivity contribution >= 4 is 21.8 Å². The molecule has 104 valence electrons. The number of benzene rings is 1. The minimum atomic E-state index is -2.82. The van der Waals surface area contributed by atoms with Gasteiger partial charge in [0.05, 0.1) is 11.0 Å². The molecule has 0 bridgehead atoms. The third-order valence-electron chi connectivity index (χ3n) is 2.77. The molecule has 0 N–H and O–H groups in total. The molecule has 0 spiro atoms. The number of rotatable bonds is 3. The Morgan fingerprint density at radius 3 is 2.84 bits per heavy atom. The van der Waals surface area contributed by atoms with Gasteiger partial charge in [-0.05, 0) is 28.1 Å². The van der Waals surface area contributed by atoms with Crippen molar-refractivity contribution in [3.05, 3.63) is 28.5 Å². The first-order valence-corrected chi connectivity index (χ1v) is 6.40. The van der Waals surface area contributed by atoms with Crippen LogP contribution in [-0.4, -0.2) is 36.4 Å². The van der Waals surface area contributed by atoms with E-state index in [0.717, 1.165) is 11.0 Å². The number of likely N-dealkylation sites (tertiary alicyclic amines) is 1. The van der Waals surface area contributed by atoms with Crippen LogP contribution in [-0.2, 0) is 4.79 Å². The number of amides is 1. The molecular weight excluding hydrogens is 327 g/mol. The number of carbonyl (C=O) groups excluding carboxylic acids is 1. The summed E-state index contributed by atoms with van der Waals surface area (Å²) in [5.41, 5.74) is 0. The number of hydrogen-bond donors (Lipinski definition) is 0. The van der Waals surface area contributed by atoms with Gasteiger partial charge in [0, 0.05) is 19.0 Å². The van der Waals surface area contributed by atoms with E-state index in [1.165, 1.54) is 12.1 Å². The Labute approximate surface area is 116 Å². The van der Waals surface area contributed by atoms with E-state index in [-0.39, 0.29) is 18.7 Å². The van der Waals surface area contributed by atoms with Crippen LogP contribution in [0.25, 0.3) is 0 Å². The molecule has 0 aromatic heterocycles. The van der Waals surface area contributed by atoms with Gasteiger partial charge in [-0.3, -0.25) is 4.79 Å². The fourth-order valence-corrected chi connectivity index (χ4v) is 2.13. The van der Waals surface area contributed by atoms with Gasteiger partial charge in [0.1, 0.15) is 11.6 Å². The molecule has 1 fully saturated rings. The molecule has 0 saturated carbocycles. The highest BCUT2D eigenvalue weighted by atomic mass is 79.9. The van der Waals surface area contributed by atoms with Gasteiger partial charge in [-0.1, -0.05) is 0 Å². The molecule has 0 unspecified atom stereocenters. The van der Waals surface area contributed by atoms with Crippen molar-refractivity contribution in [3.63, 3.8) is 0 Å². The lowest BCUT2D eigenvalue weighted by Crippen LogP contribution is -2.34. The predicted octanol–water partition coefficient (Wildman–Crippen LogP) is 2.83. The fourth-order valence-electron chi connectivity index (χ4n) is 1.77. The van der Waals surface area contributed by atoms with E-state index < -0.39 is 30.8 Å². The van der Waals surface area contributed by atoms with E-state index in [2.05, 4.69) is 15.9 Å². The third kappa shape index (κ3) is 3.62. The minimum absolute atomic E-state index is 0.0134. The number of carbonyl (C=O) groups is 1. The lowest BCUT2D eigenvalue weighted by atomic mass is 10.3. The van der Waals surface area contributed by atoms with Gasteiger partial charge in [0.15, 0.2) is 6.61 Å². The van der Waals surface area contributed by atoms with Crippen LogP contribution < -0.4 is 4.74 Å². The Morgan fingerprint density at radius 2 is 2.21 bits per heavy atom. The van der Waals surface area contributed by atoms with Crippen molar-refractivity contribution in [1.82, 2.24) is 4.90 Å². The minimum Gasteiger partial charge on any atom is -0.482 e. The van der Waals surface area contributed by atoms with Crippen LogP contribution in [0.5, 0.6) is 5.75 Å². The first-order chi connectivity index (χ1) is 8.87. The van der Waals surface area contributed by atoms with Crippen molar-refractivity contribution < 1.29 is 22.7 Å². The van der Waals surface area contributed by atoms with Gasteiger partial charge < -0.3 is 9.64 Å². The second-order valence-corrected chi connectivity index (χ2v) is 5.14. The molecule has 0 atom stereocenters. The largest absolute Gasteiger partial charge is 0.482 e. The summed E-state index contributed by atoms with van der Waals surface area (Å²) in [5.74, 6) is -3.69. The van der Waals surface area contributed by atoms with Crippen LogP contribution in [0.3, 0.4) is 0 Å². The first kappa shape index (κ1) is 14.2. The van der Waals surface area contributed by atoms with E-state index in [1.807, 2.05) is 0 Å². The van der Waals surface area contributed by atoms with Gasteiger partial charge in [-0.25, -0.2) is 13.2 Å². The van der Waals surface area contributed by atoms with Gasteiger partial charge in [-0.2, -0.15) is 0 Å². The summed E-state index contributed by atoms with van der Waals surface area (Å²) in [6.45, 7) is -0.961. The quantitative estimate of drug-likeness (QED) is 0.848. The number of halogens is 4. The molecular formula is C12H11BrF3NO2. The Morgan fingerprint density at radius 1 is 1.47 bits per heavy atom. The predicted molar refractivity (Wildman–Crippen MR) is 65.7 cm³/mol. The monoisotopic (exact) mass is 337 g/mol. The molecule has 19 heavy (non-hydrogen) atoms. The Hall–Kier alpha value is -1.24. The van der Waals surface area contributed by atoms with Crippen LogP contribution >= 0.6 is 15.9 Å². The molecule has 1 aromatic carbocycles. The lowest BCUT2D eigenvalue weighted by Gasteiger charge is -2.16. The highest BCUT2D eigenvalue weighted by molar-refractivity contribution is 9.10. The van der Waals surface area contributed by atoms with Crippen molar-refractivity contribution in [2.75, 3.05) is 19.7 Å². The molecule has 1 heterocycles. The second-order valence-electron chi connectivity index (χ2n) is 4.28. The highest BCUT2D eigenvalue weighted by Gasteiger charge is 2.40. The molecule has 0 aliphatic carbocycles. The topological polar surface area (TPSA) is 29.5 Å². The normalized spacial score (nSPS) is 17.6. The van der Waals surface area contributed by atoms with E-state index in [1.54, 1.807) is 0 Å². The SMILES string of the molecule is O=C(COc1cc(F)ccc1Br)N1CCC(F)(F)C1. The van der Waals surface area contributed by atoms with Gasteiger partial charge in [-0.15, -0.1) is 0 Å². The molecule has 3 nitrogen and oxygen atoms in total. The maximum absolute atomic E-state index is 13.0. The summed E-state index contributed by atoms with van der Waals surface area (Å²) in [7, 11) is 0. The summed E-state index contributed by atoms with van der Waals surface area (Å²) >= 11 is 3.15. The summed E-state index contributed by atoms with van der Waals surface area (Å²) in [6.07, 6.45) is -0.331. The van der Waals surface area contributed by atoms with Crippen molar-refractivity contribution in [2.45, 2.75) is 12.3 Å². The Bertz CT molecular complexity index is 496. The fraction of sp³-hybridized carbons (Fsp3) is 0.417. The zero-order chi connectivity index (χ0) is 14.0. The molecule has 1 saturated heterocycles. The Kier molecular flexibility index (Phi) is 4.03. The van der Waals surface area contributed by atoms with E-state index in [4.69, 9.17) is 4.74 Å². The average molecular weight is 338 g/mol. The highest BCUT2D eigenvalue weighted by Crippen LogP contribution is 2.28. The van der Waals surface area contributed by atoms with E-state index >= 15 is 0 Å². The third-order valence-corrected chi connectivity index (χ3v) is 3.42. The first-order valence-electron chi connectivity index (χ1n) is 5.61.